The summed E-state index contributed by atoms with van der Waals surface area (Å²) in [5, 5.41) is 2.74. The molecule has 162 valence electrons. The van der Waals surface area contributed by atoms with Gasteiger partial charge in [0, 0.05) is 18.8 Å². The van der Waals surface area contributed by atoms with E-state index >= 15 is 0 Å². The molecule has 0 spiro atoms. The lowest BCUT2D eigenvalue weighted by molar-refractivity contribution is -0.122. The second kappa shape index (κ2) is 9.49. The molecule has 0 aromatic heterocycles. The van der Waals surface area contributed by atoms with Gasteiger partial charge in [-0.05, 0) is 57.0 Å². The summed E-state index contributed by atoms with van der Waals surface area (Å²) in [7, 11) is -2.28. The molecule has 2 aromatic carbocycles. The number of rotatable bonds is 7. The summed E-state index contributed by atoms with van der Waals surface area (Å²) in [4.78, 5) is 12.6. The first-order valence-corrected chi connectivity index (χ1v) is 11.5. The van der Waals surface area contributed by atoms with Crippen LogP contribution in [0.4, 0.5) is 5.69 Å². The molecule has 1 amide bonds. The summed E-state index contributed by atoms with van der Waals surface area (Å²) in [5.74, 6) is 0.468. The molecule has 1 saturated heterocycles. The van der Waals surface area contributed by atoms with E-state index in [4.69, 9.17) is 9.47 Å². The summed E-state index contributed by atoms with van der Waals surface area (Å²) in [6.07, 6.45) is 1.95. The summed E-state index contributed by atoms with van der Waals surface area (Å²) >= 11 is 0. The van der Waals surface area contributed by atoms with Gasteiger partial charge < -0.3 is 14.8 Å². The molecule has 30 heavy (non-hydrogen) atoms. The Morgan fingerprint density at radius 3 is 2.37 bits per heavy atom. The van der Waals surface area contributed by atoms with Crippen LogP contribution >= 0.6 is 0 Å². The van der Waals surface area contributed by atoms with E-state index in [9.17, 15) is 13.2 Å². The van der Waals surface area contributed by atoms with Crippen molar-refractivity contribution in [2.24, 2.45) is 0 Å². The van der Waals surface area contributed by atoms with E-state index in [2.05, 4.69) is 5.32 Å². The van der Waals surface area contributed by atoms with Crippen molar-refractivity contribution in [3.63, 3.8) is 0 Å². The highest BCUT2D eigenvalue weighted by molar-refractivity contribution is 7.89. The number of carbonyl (C=O) groups is 1. The molecule has 1 fully saturated rings. The van der Waals surface area contributed by atoms with Gasteiger partial charge in [-0.2, -0.15) is 4.31 Å². The minimum absolute atomic E-state index is 0.0526. The highest BCUT2D eigenvalue weighted by Gasteiger charge is 2.29. The Hall–Kier alpha value is -2.58. The van der Waals surface area contributed by atoms with Crippen LogP contribution in [0.15, 0.2) is 47.4 Å². The van der Waals surface area contributed by atoms with Crippen molar-refractivity contribution in [1.29, 1.82) is 0 Å². The van der Waals surface area contributed by atoms with E-state index < -0.39 is 16.1 Å². The third kappa shape index (κ3) is 5.12. The van der Waals surface area contributed by atoms with E-state index in [1.165, 1.54) is 17.5 Å². The van der Waals surface area contributed by atoms with Gasteiger partial charge in [0.1, 0.15) is 16.4 Å². The van der Waals surface area contributed by atoms with Gasteiger partial charge in [0.05, 0.1) is 7.11 Å². The van der Waals surface area contributed by atoms with Crippen LogP contribution in [0, 0.1) is 6.92 Å². The average Bonchev–Trinajstić information content (AvgIpc) is 2.75. The van der Waals surface area contributed by atoms with Crippen LogP contribution in [0.5, 0.6) is 11.5 Å². The van der Waals surface area contributed by atoms with E-state index in [0.29, 0.717) is 24.5 Å². The van der Waals surface area contributed by atoms with Gasteiger partial charge in [0.2, 0.25) is 10.0 Å². The zero-order valence-electron chi connectivity index (χ0n) is 17.6. The van der Waals surface area contributed by atoms with Crippen LogP contribution in [0.3, 0.4) is 0 Å². The maximum absolute atomic E-state index is 13.1. The quantitative estimate of drug-likeness (QED) is 0.723. The summed E-state index contributed by atoms with van der Waals surface area (Å²) < 4.78 is 38.7. The third-order valence-electron chi connectivity index (χ3n) is 5.07. The molecule has 0 aliphatic carbocycles. The van der Waals surface area contributed by atoms with Crippen molar-refractivity contribution in [3.05, 3.63) is 48.0 Å². The molecule has 7 nitrogen and oxygen atoms in total. The van der Waals surface area contributed by atoms with Crippen LogP contribution in [0.2, 0.25) is 0 Å². The smallest absolute Gasteiger partial charge is 0.265 e. The molecule has 1 N–H and O–H groups in total. The molecule has 0 saturated carbocycles. The number of hydrogen-bond acceptors (Lipinski definition) is 5. The summed E-state index contributed by atoms with van der Waals surface area (Å²) in [6.45, 7) is 4.59. The normalized spacial score (nSPS) is 16.0. The maximum atomic E-state index is 13.1. The van der Waals surface area contributed by atoms with Gasteiger partial charge in [-0.15, -0.1) is 0 Å². The van der Waals surface area contributed by atoms with Crippen LogP contribution in [-0.4, -0.2) is 44.9 Å². The second-order valence-electron chi connectivity index (χ2n) is 7.39. The predicted molar refractivity (Wildman–Crippen MR) is 116 cm³/mol. The topological polar surface area (TPSA) is 84.9 Å². The molecule has 1 atom stereocenters. The summed E-state index contributed by atoms with van der Waals surface area (Å²) in [5.41, 5.74) is 1.47. The molecular weight excluding hydrogens is 404 g/mol. The molecule has 1 aliphatic rings. The van der Waals surface area contributed by atoms with Crippen LogP contribution < -0.4 is 14.8 Å². The molecule has 1 aliphatic heterocycles. The molecule has 0 bridgehead atoms. The van der Waals surface area contributed by atoms with Crippen molar-refractivity contribution in [2.45, 2.75) is 44.1 Å². The Morgan fingerprint density at radius 2 is 1.73 bits per heavy atom. The standard InChI is InChI=1S/C22H28N2O5S/c1-16-7-10-19(11-8-16)29-17(2)22(25)23-18-9-12-20(28-3)21(15-18)30(26,27)24-13-5-4-6-14-24/h7-12,15,17H,4-6,13-14H2,1-3H3,(H,23,25)/t17-/m1/s1. The number of sulfonamides is 1. The molecule has 0 radical (unpaired) electrons. The SMILES string of the molecule is COc1ccc(NC(=O)[C@@H](C)Oc2ccc(C)cc2)cc1S(=O)(=O)N1CCCCC1. The van der Waals surface area contributed by atoms with Gasteiger partial charge in [-0.3, -0.25) is 4.79 Å². The van der Waals surface area contributed by atoms with Gasteiger partial charge in [0.15, 0.2) is 6.10 Å². The van der Waals surface area contributed by atoms with Gasteiger partial charge >= 0.3 is 0 Å². The zero-order valence-corrected chi connectivity index (χ0v) is 18.4. The highest BCUT2D eigenvalue weighted by atomic mass is 32.2. The second-order valence-corrected chi connectivity index (χ2v) is 9.30. The van der Waals surface area contributed by atoms with Crippen LogP contribution in [0.25, 0.3) is 0 Å². The van der Waals surface area contributed by atoms with Crippen molar-refractivity contribution < 1.29 is 22.7 Å². The lowest BCUT2D eigenvalue weighted by atomic mass is 10.2. The van der Waals surface area contributed by atoms with Crippen molar-refractivity contribution in [3.8, 4) is 11.5 Å². The minimum atomic E-state index is -3.71. The van der Waals surface area contributed by atoms with E-state index in [1.54, 1.807) is 31.2 Å². The number of benzene rings is 2. The Kier molecular flexibility index (Phi) is 6.99. The lowest BCUT2D eigenvalue weighted by Gasteiger charge is -2.26. The number of hydrogen-bond donors (Lipinski definition) is 1. The van der Waals surface area contributed by atoms with Crippen molar-refractivity contribution >= 4 is 21.6 Å². The minimum Gasteiger partial charge on any atom is -0.495 e. The van der Waals surface area contributed by atoms with E-state index in [-0.39, 0.29) is 16.6 Å². The number of ether oxygens (including phenoxy) is 2. The fourth-order valence-electron chi connectivity index (χ4n) is 3.32. The fourth-order valence-corrected chi connectivity index (χ4v) is 5.02. The number of anilines is 1. The van der Waals surface area contributed by atoms with E-state index in [1.807, 2.05) is 19.1 Å². The third-order valence-corrected chi connectivity index (χ3v) is 6.99. The van der Waals surface area contributed by atoms with Gasteiger partial charge in [-0.1, -0.05) is 24.1 Å². The first kappa shape index (κ1) is 22.1. The number of carbonyl (C=O) groups excluding carboxylic acids is 1. The first-order chi connectivity index (χ1) is 14.3. The van der Waals surface area contributed by atoms with Crippen molar-refractivity contribution in [1.82, 2.24) is 4.31 Å². The molecular formula is C22H28N2O5S. The number of methoxy groups -OCH3 is 1. The number of nitrogens with one attached hydrogen (secondary N) is 1. The Balaban J connectivity index is 1.77. The summed E-state index contributed by atoms with van der Waals surface area (Å²) in [6, 6.07) is 12.0. The largest absolute Gasteiger partial charge is 0.495 e. The average molecular weight is 433 g/mol. The van der Waals surface area contributed by atoms with Gasteiger partial charge in [0.25, 0.3) is 5.91 Å². The fraction of sp³-hybridized carbons (Fsp3) is 0.409. The number of aryl methyl sites for hydroxylation is 1. The van der Waals surface area contributed by atoms with Crippen molar-refractivity contribution in [2.75, 3.05) is 25.5 Å². The Morgan fingerprint density at radius 1 is 1.07 bits per heavy atom. The molecule has 3 rings (SSSR count). The lowest BCUT2D eigenvalue weighted by Crippen LogP contribution is -2.36. The molecule has 8 heteroatoms. The Labute approximate surface area is 178 Å². The number of piperidine rings is 1. The molecule has 2 aromatic rings. The van der Waals surface area contributed by atoms with Gasteiger partial charge in [-0.25, -0.2) is 8.42 Å². The molecule has 1 heterocycles. The zero-order chi connectivity index (χ0) is 21.7. The number of amides is 1. The van der Waals surface area contributed by atoms with E-state index in [0.717, 1.165) is 24.8 Å². The first-order valence-electron chi connectivity index (χ1n) is 10.0. The predicted octanol–water partition coefficient (Wildman–Crippen LogP) is 3.58. The molecule has 0 unspecified atom stereocenters. The van der Waals surface area contributed by atoms with Crippen LogP contribution in [0.1, 0.15) is 31.7 Å². The monoisotopic (exact) mass is 432 g/mol. The van der Waals surface area contributed by atoms with Crippen LogP contribution in [-0.2, 0) is 14.8 Å². The number of nitrogens with zero attached hydrogens (tertiary/aromatic N) is 1. The maximum Gasteiger partial charge on any atom is 0.265 e. The Bertz CT molecular complexity index is 983. The highest BCUT2D eigenvalue weighted by Crippen LogP contribution is 2.31.